The standard InChI is InChI=1S/C17H21NO3/c1-17(2,12-3-7-14(19)8-4-12)13-5-9-15(10-6-13)21-11-16(18)20/h3-10,16,19-20H,11,18H2,1-2H3. The second-order valence-electron chi connectivity index (χ2n) is 5.57. The molecule has 2 aromatic carbocycles. The lowest BCUT2D eigenvalue weighted by atomic mass is 9.78. The molecule has 0 aliphatic rings. The minimum absolute atomic E-state index is 0.0701. The first-order chi connectivity index (χ1) is 9.89. The van der Waals surface area contributed by atoms with E-state index in [1.54, 1.807) is 12.1 Å². The highest BCUT2D eigenvalue weighted by molar-refractivity contribution is 5.41. The highest BCUT2D eigenvalue weighted by Crippen LogP contribution is 2.33. The number of nitrogens with two attached hydrogens (primary N) is 1. The molecule has 0 saturated carbocycles. The first kappa shape index (κ1) is 15.4. The van der Waals surface area contributed by atoms with Crippen LogP contribution >= 0.6 is 0 Å². The van der Waals surface area contributed by atoms with Gasteiger partial charge in [0, 0.05) is 5.41 Å². The molecule has 0 bridgehead atoms. The largest absolute Gasteiger partial charge is 0.508 e. The van der Waals surface area contributed by atoms with Gasteiger partial charge in [-0.1, -0.05) is 38.1 Å². The van der Waals surface area contributed by atoms with Crippen molar-refractivity contribution in [3.8, 4) is 11.5 Å². The van der Waals surface area contributed by atoms with Crippen molar-refractivity contribution >= 4 is 0 Å². The summed E-state index contributed by atoms with van der Waals surface area (Å²) in [5.41, 5.74) is 7.31. The third kappa shape index (κ3) is 3.74. The fourth-order valence-electron chi connectivity index (χ4n) is 2.19. The Kier molecular flexibility index (Phi) is 4.50. The van der Waals surface area contributed by atoms with Crippen molar-refractivity contribution in [2.24, 2.45) is 5.73 Å². The van der Waals surface area contributed by atoms with Gasteiger partial charge in [-0.3, -0.25) is 0 Å². The summed E-state index contributed by atoms with van der Waals surface area (Å²) < 4.78 is 5.35. The molecular formula is C17H21NO3. The van der Waals surface area contributed by atoms with Gasteiger partial charge in [-0.25, -0.2) is 0 Å². The minimum Gasteiger partial charge on any atom is -0.508 e. The van der Waals surface area contributed by atoms with E-state index >= 15 is 0 Å². The molecule has 0 heterocycles. The van der Waals surface area contributed by atoms with E-state index in [1.165, 1.54) is 0 Å². The summed E-state index contributed by atoms with van der Waals surface area (Å²) in [5.74, 6) is 0.934. The van der Waals surface area contributed by atoms with E-state index in [0.29, 0.717) is 5.75 Å². The zero-order valence-electron chi connectivity index (χ0n) is 12.3. The first-order valence-electron chi connectivity index (χ1n) is 6.86. The average molecular weight is 287 g/mol. The SMILES string of the molecule is CC(C)(c1ccc(O)cc1)c1ccc(OCC(N)O)cc1. The molecular weight excluding hydrogens is 266 g/mol. The van der Waals surface area contributed by atoms with Crippen molar-refractivity contribution in [3.63, 3.8) is 0 Å². The second kappa shape index (κ2) is 6.16. The Hall–Kier alpha value is -2.04. The van der Waals surface area contributed by atoms with E-state index in [1.807, 2.05) is 36.4 Å². The Morgan fingerprint density at radius 1 is 1.00 bits per heavy atom. The molecule has 1 unspecified atom stereocenters. The lowest BCUT2D eigenvalue weighted by Crippen LogP contribution is -2.26. The molecule has 21 heavy (non-hydrogen) atoms. The fourth-order valence-corrected chi connectivity index (χ4v) is 2.19. The minimum atomic E-state index is -0.974. The highest BCUT2D eigenvalue weighted by atomic mass is 16.5. The molecule has 0 amide bonds. The Morgan fingerprint density at radius 2 is 1.48 bits per heavy atom. The number of phenolic OH excluding ortho intramolecular Hbond substituents is 1. The molecule has 112 valence electrons. The molecule has 4 N–H and O–H groups in total. The second-order valence-corrected chi connectivity index (χ2v) is 5.57. The molecule has 2 aromatic rings. The van der Waals surface area contributed by atoms with Gasteiger partial charge >= 0.3 is 0 Å². The summed E-state index contributed by atoms with van der Waals surface area (Å²) in [4.78, 5) is 0. The molecule has 0 radical (unpaired) electrons. The van der Waals surface area contributed by atoms with Gasteiger partial charge in [0.2, 0.25) is 0 Å². The van der Waals surface area contributed by atoms with Gasteiger partial charge in [0.25, 0.3) is 0 Å². The van der Waals surface area contributed by atoms with Crippen LogP contribution in [0.1, 0.15) is 25.0 Å². The van der Waals surface area contributed by atoms with Gasteiger partial charge in [-0.15, -0.1) is 0 Å². The molecule has 1 atom stereocenters. The maximum atomic E-state index is 9.39. The topological polar surface area (TPSA) is 75.7 Å². The lowest BCUT2D eigenvalue weighted by molar-refractivity contribution is 0.113. The van der Waals surface area contributed by atoms with Crippen LogP contribution in [0.5, 0.6) is 11.5 Å². The van der Waals surface area contributed by atoms with Crippen LogP contribution < -0.4 is 10.5 Å². The van der Waals surface area contributed by atoms with Gasteiger partial charge in [-0.05, 0) is 35.4 Å². The zero-order valence-corrected chi connectivity index (χ0v) is 12.3. The summed E-state index contributed by atoms with van der Waals surface area (Å²) in [6.07, 6.45) is -0.974. The van der Waals surface area contributed by atoms with Gasteiger partial charge in [-0.2, -0.15) is 0 Å². The summed E-state index contributed by atoms with van der Waals surface area (Å²) in [6.45, 7) is 4.32. The number of aliphatic hydroxyl groups is 1. The maximum Gasteiger partial charge on any atom is 0.136 e. The summed E-state index contributed by atoms with van der Waals surface area (Å²) in [7, 11) is 0. The normalized spacial score (nSPS) is 13.0. The third-order valence-electron chi connectivity index (χ3n) is 3.59. The van der Waals surface area contributed by atoms with Crippen molar-refractivity contribution < 1.29 is 14.9 Å². The first-order valence-corrected chi connectivity index (χ1v) is 6.86. The van der Waals surface area contributed by atoms with Crippen LogP contribution in [0.15, 0.2) is 48.5 Å². The Morgan fingerprint density at radius 3 is 1.95 bits per heavy atom. The van der Waals surface area contributed by atoms with Crippen LogP contribution in [0.4, 0.5) is 0 Å². The molecule has 0 aliphatic carbocycles. The van der Waals surface area contributed by atoms with E-state index in [2.05, 4.69) is 13.8 Å². The Balaban J connectivity index is 2.18. The average Bonchev–Trinajstić information content (AvgIpc) is 2.46. The van der Waals surface area contributed by atoms with Crippen LogP contribution in [0, 0.1) is 0 Å². The zero-order chi connectivity index (χ0) is 15.5. The van der Waals surface area contributed by atoms with Gasteiger partial charge in [0.1, 0.15) is 24.3 Å². The molecule has 0 aliphatic heterocycles. The maximum absolute atomic E-state index is 9.39. The number of aliphatic hydroxyl groups excluding tert-OH is 1. The third-order valence-corrected chi connectivity index (χ3v) is 3.59. The van der Waals surface area contributed by atoms with Crippen LogP contribution in [-0.4, -0.2) is 23.0 Å². The predicted molar refractivity (Wildman–Crippen MR) is 82.4 cm³/mol. The van der Waals surface area contributed by atoms with Crippen molar-refractivity contribution in [2.75, 3.05) is 6.61 Å². The quantitative estimate of drug-likeness (QED) is 0.738. The van der Waals surface area contributed by atoms with Crippen molar-refractivity contribution in [1.82, 2.24) is 0 Å². The van der Waals surface area contributed by atoms with Gasteiger partial charge in [0.15, 0.2) is 0 Å². The van der Waals surface area contributed by atoms with E-state index in [4.69, 9.17) is 15.6 Å². The van der Waals surface area contributed by atoms with Gasteiger partial charge < -0.3 is 20.7 Å². The number of rotatable bonds is 5. The van der Waals surface area contributed by atoms with E-state index < -0.39 is 6.23 Å². The van der Waals surface area contributed by atoms with Crippen LogP contribution in [0.25, 0.3) is 0 Å². The van der Waals surface area contributed by atoms with Crippen molar-refractivity contribution in [2.45, 2.75) is 25.5 Å². The van der Waals surface area contributed by atoms with E-state index in [9.17, 15) is 5.11 Å². The molecule has 4 heteroatoms. The number of aromatic hydroxyl groups is 1. The number of phenols is 1. The monoisotopic (exact) mass is 287 g/mol. The van der Waals surface area contributed by atoms with E-state index in [-0.39, 0.29) is 17.8 Å². The number of benzene rings is 2. The van der Waals surface area contributed by atoms with Crippen molar-refractivity contribution in [1.29, 1.82) is 0 Å². The predicted octanol–water partition coefficient (Wildman–Crippen LogP) is 2.37. The lowest BCUT2D eigenvalue weighted by Gasteiger charge is -2.26. The molecule has 2 rings (SSSR count). The molecule has 0 spiro atoms. The summed E-state index contributed by atoms with van der Waals surface area (Å²) in [5, 5.41) is 18.4. The van der Waals surface area contributed by atoms with E-state index in [0.717, 1.165) is 11.1 Å². The highest BCUT2D eigenvalue weighted by Gasteiger charge is 2.22. The molecule has 0 saturated heterocycles. The Labute approximate surface area is 124 Å². The molecule has 4 nitrogen and oxygen atoms in total. The van der Waals surface area contributed by atoms with Crippen molar-refractivity contribution in [3.05, 3.63) is 59.7 Å². The van der Waals surface area contributed by atoms with Crippen LogP contribution in [0.2, 0.25) is 0 Å². The smallest absolute Gasteiger partial charge is 0.136 e. The number of hydrogen-bond donors (Lipinski definition) is 3. The van der Waals surface area contributed by atoms with Gasteiger partial charge in [0.05, 0.1) is 0 Å². The Bertz CT molecular complexity index is 574. The molecule has 0 fully saturated rings. The van der Waals surface area contributed by atoms with Crippen LogP contribution in [-0.2, 0) is 5.41 Å². The summed E-state index contributed by atoms with van der Waals surface area (Å²) >= 11 is 0. The van der Waals surface area contributed by atoms with Crippen LogP contribution in [0.3, 0.4) is 0 Å². The fraction of sp³-hybridized carbons (Fsp3) is 0.294. The number of hydrogen-bond acceptors (Lipinski definition) is 4. The summed E-state index contributed by atoms with van der Waals surface area (Å²) in [6, 6.07) is 14.9. The number of ether oxygens (including phenoxy) is 1. The molecule has 0 aromatic heterocycles.